The van der Waals surface area contributed by atoms with Crippen LogP contribution in [0.4, 0.5) is 0 Å². The molecular weight excluding hydrogens is 238 g/mol. The average molecular weight is 261 g/mol. The fraction of sp³-hybridized carbons (Fsp3) is 0.833. The van der Waals surface area contributed by atoms with Crippen LogP contribution in [0.15, 0.2) is 0 Å². The van der Waals surface area contributed by atoms with Crippen molar-refractivity contribution in [1.29, 1.82) is 0 Å². The second kappa shape index (κ2) is 9.33. The van der Waals surface area contributed by atoms with E-state index in [2.05, 4.69) is 6.92 Å². The maximum Gasteiger partial charge on any atom is 0.305 e. The van der Waals surface area contributed by atoms with E-state index >= 15 is 0 Å². The quantitative estimate of drug-likeness (QED) is 0.646. The number of carbonyl (C=O) groups is 2. The van der Waals surface area contributed by atoms with Crippen molar-refractivity contribution in [2.75, 3.05) is 24.6 Å². The molecule has 100 valence electrons. The molecule has 0 rings (SSSR count). The van der Waals surface area contributed by atoms with Crippen LogP contribution in [-0.4, -0.2) is 46.5 Å². The monoisotopic (exact) mass is 261 g/mol. The molecule has 1 amide bonds. The molecule has 0 spiro atoms. The van der Waals surface area contributed by atoms with Gasteiger partial charge in [0.25, 0.3) is 0 Å². The number of carbonyl (C=O) groups excluding carboxylic acids is 1. The molecule has 5 heteroatoms. The summed E-state index contributed by atoms with van der Waals surface area (Å²) in [6, 6.07) is 0. The number of nitrogens with zero attached hydrogens (tertiary/aromatic N) is 1. The second-order valence-electron chi connectivity index (χ2n) is 4.43. The smallest absolute Gasteiger partial charge is 0.305 e. The summed E-state index contributed by atoms with van der Waals surface area (Å²) in [7, 11) is 0. The van der Waals surface area contributed by atoms with Crippen molar-refractivity contribution in [3.8, 4) is 0 Å². The summed E-state index contributed by atoms with van der Waals surface area (Å²) in [6.07, 6.45) is 1.08. The summed E-state index contributed by atoms with van der Waals surface area (Å²) in [5.74, 6) is 0.996. The van der Waals surface area contributed by atoms with Crippen LogP contribution in [0.2, 0.25) is 0 Å². The van der Waals surface area contributed by atoms with Gasteiger partial charge >= 0.3 is 5.97 Å². The van der Waals surface area contributed by atoms with Gasteiger partial charge in [0.1, 0.15) is 0 Å². The third kappa shape index (κ3) is 9.03. The van der Waals surface area contributed by atoms with Gasteiger partial charge < -0.3 is 10.0 Å². The fourth-order valence-electron chi connectivity index (χ4n) is 1.38. The normalized spacial score (nSPS) is 10.6. The first-order valence-corrected chi connectivity index (χ1v) is 7.20. The number of carboxylic acids is 1. The van der Waals surface area contributed by atoms with Crippen LogP contribution in [0.1, 0.15) is 33.6 Å². The van der Waals surface area contributed by atoms with Crippen molar-refractivity contribution >= 4 is 23.6 Å². The topological polar surface area (TPSA) is 57.6 Å². The molecule has 0 aromatic carbocycles. The Bertz CT molecular complexity index is 244. The van der Waals surface area contributed by atoms with E-state index in [1.165, 1.54) is 0 Å². The maximum atomic E-state index is 11.9. The Morgan fingerprint density at radius 3 is 2.47 bits per heavy atom. The highest BCUT2D eigenvalue weighted by molar-refractivity contribution is 7.99. The van der Waals surface area contributed by atoms with Crippen LogP contribution < -0.4 is 0 Å². The Kier molecular flexibility index (Phi) is 8.94. The number of aliphatic carboxylic acids is 1. The van der Waals surface area contributed by atoms with E-state index in [0.29, 0.717) is 24.8 Å². The molecule has 0 atom stereocenters. The summed E-state index contributed by atoms with van der Waals surface area (Å²) in [5.41, 5.74) is 0. The van der Waals surface area contributed by atoms with Gasteiger partial charge in [-0.15, -0.1) is 0 Å². The average Bonchev–Trinajstić information content (AvgIpc) is 2.23. The molecule has 0 aliphatic rings. The molecule has 0 saturated heterocycles. The Labute approximate surface area is 108 Å². The number of carboxylic acid groups (broad SMARTS) is 1. The first kappa shape index (κ1) is 16.3. The molecule has 4 nitrogen and oxygen atoms in total. The van der Waals surface area contributed by atoms with E-state index in [1.54, 1.807) is 16.7 Å². The SMILES string of the molecule is CCCSCC(=O)N(CCC(=O)O)CC(C)C. The van der Waals surface area contributed by atoms with E-state index in [9.17, 15) is 9.59 Å². The Morgan fingerprint density at radius 1 is 1.35 bits per heavy atom. The largest absolute Gasteiger partial charge is 0.481 e. The van der Waals surface area contributed by atoms with E-state index in [4.69, 9.17) is 5.11 Å². The Balaban J connectivity index is 4.14. The maximum absolute atomic E-state index is 11.9. The van der Waals surface area contributed by atoms with Gasteiger partial charge in [0, 0.05) is 13.1 Å². The third-order valence-corrected chi connectivity index (χ3v) is 3.26. The predicted molar refractivity (Wildman–Crippen MR) is 71.3 cm³/mol. The van der Waals surface area contributed by atoms with Gasteiger partial charge in [-0.2, -0.15) is 11.8 Å². The minimum absolute atomic E-state index is 0.0247. The summed E-state index contributed by atoms with van der Waals surface area (Å²) in [4.78, 5) is 24.1. The van der Waals surface area contributed by atoms with Crippen LogP contribution in [0.3, 0.4) is 0 Å². The van der Waals surface area contributed by atoms with Gasteiger partial charge in [0.15, 0.2) is 0 Å². The summed E-state index contributed by atoms with van der Waals surface area (Å²) < 4.78 is 0. The molecule has 0 heterocycles. The van der Waals surface area contributed by atoms with Crippen molar-refractivity contribution in [2.45, 2.75) is 33.6 Å². The molecule has 0 unspecified atom stereocenters. The minimum atomic E-state index is -0.854. The van der Waals surface area contributed by atoms with Crippen molar-refractivity contribution < 1.29 is 14.7 Å². The van der Waals surface area contributed by atoms with Gasteiger partial charge in [-0.3, -0.25) is 9.59 Å². The van der Waals surface area contributed by atoms with Gasteiger partial charge in [-0.1, -0.05) is 20.8 Å². The summed E-state index contributed by atoms with van der Waals surface area (Å²) in [6.45, 7) is 7.09. The van der Waals surface area contributed by atoms with Crippen molar-refractivity contribution in [3.63, 3.8) is 0 Å². The third-order valence-electron chi connectivity index (χ3n) is 2.11. The van der Waals surface area contributed by atoms with Gasteiger partial charge in [-0.05, 0) is 18.1 Å². The van der Waals surface area contributed by atoms with E-state index in [0.717, 1.165) is 12.2 Å². The molecule has 0 aromatic rings. The molecule has 1 N–H and O–H groups in total. The lowest BCUT2D eigenvalue weighted by atomic mass is 10.2. The highest BCUT2D eigenvalue weighted by Gasteiger charge is 2.15. The lowest BCUT2D eigenvalue weighted by Gasteiger charge is -2.23. The lowest BCUT2D eigenvalue weighted by Crippen LogP contribution is -2.37. The first-order chi connectivity index (χ1) is 7.97. The van der Waals surface area contributed by atoms with Gasteiger partial charge in [-0.25, -0.2) is 0 Å². The Hall–Kier alpha value is -0.710. The van der Waals surface area contributed by atoms with Crippen molar-refractivity contribution in [2.24, 2.45) is 5.92 Å². The molecule has 0 radical (unpaired) electrons. The van der Waals surface area contributed by atoms with Crippen LogP contribution >= 0.6 is 11.8 Å². The second-order valence-corrected chi connectivity index (χ2v) is 5.54. The predicted octanol–water partition coefficient (Wildman–Crippen LogP) is 2.09. The summed E-state index contributed by atoms with van der Waals surface area (Å²) in [5, 5.41) is 8.65. The Morgan fingerprint density at radius 2 is 2.00 bits per heavy atom. The highest BCUT2D eigenvalue weighted by atomic mass is 32.2. The number of thioether (sulfide) groups is 1. The fourth-order valence-corrected chi connectivity index (χ4v) is 2.17. The van der Waals surface area contributed by atoms with Crippen LogP contribution in [0, 0.1) is 5.92 Å². The zero-order chi connectivity index (χ0) is 13.3. The van der Waals surface area contributed by atoms with Gasteiger partial charge in [0.2, 0.25) is 5.91 Å². The van der Waals surface area contributed by atoms with E-state index in [-0.39, 0.29) is 12.3 Å². The van der Waals surface area contributed by atoms with Crippen LogP contribution in [0.5, 0.6) is 0 Å². The molecule has 0 aromatic heterocycles. The van der Waals surface area contributed by atoms with E-state index < -0.39 is 5.97 Å². The molecule has 0 aliphatic carbocycles. The van der Waals surface area contributed by atoms with E-state index in [1.807, 2.05) is 13.8 Å². The van der Waals surface area contributed by atoms with Crippen molar-refractivity contribution in [3.05, 3.63) is 0 Å². The van der Waals surface area contributed by atoms with Crippen LogP contribution in [0.25, 0.3) is 0 Å². The molecule has 17 heavy (non-hydrogen) atoms. The minimum Gasteiger partial charge on any atom is -0.481 e. The molecular formula is C12H23NO3S. The molecule has 0 bridgehead atoms. The summed E-state index contributed by atoms with van der Waals surface area (Å²) >= 11 is 1.61. The zero-order valence-electron chi connectivity index (χ0n) is 10.9. The number of amides is 1. The lowest BCUT2D eigenvalue weighted by molar-refractivity contribution is -0.138. The van der Waals surface area contributed by atoms with Crippen LogP contribution in [-0.2, 0) is 9.59 Å². The van der Waals surface area contributed by atoms with Crippen molar-refractivity contribution in [1.82, 2.24) is 4.90 Å². The number of rotatable bonds is 9. The number of hydrogen-bond donors (Lipinski definition) is 1. The molecule has 0 fully saturated rings. The standard InChI is InChI=1S/C12H23NO3S/c1-4-7-17-9-11(14)13(8-10(2)3)6-5-12(15)16/h10H,4-9H2,1-3H3,(H,15,16). The number of hydrogen-bond acceptors (Lipinski definition) is 3. The first-order valence-electron chi connectivity index (χ1n) is 6.04. The molecule has 0 aliphatic heterocycles. The highest BCUT2D eigenvalue weighted by Crippen LogP contribution is 2.07. The zero-order valence-corrected chi connectivity index (χ0v) is 11.8. The molecule has 0 saturated carbocycles. The van der Waals surface area contributed by atoms with Gasteiger partial charge in [0.05, 0.1) is 12.2 Å².